The molecule has 0 amide bonds. The zero-order valence-corrected chi connectivity index (χ0v) is 12.8. The van der Waals surface area contributed by atoms with Crippen molar-refractivity contribution in [3.8, 4) is 0 Å². The molecule has 19 heavy (non-hydrogen) atoms. The van der Waals surface area contributed by atoms with Gasteiger partial charge in [0.25, 0.3) is 0 Å². The van der Waals surface area contributed by atoms with Gasteiger partial charge in [0.05, 0.1) is 0 Å². The maximum absolute atomic E-state index is 13.5. The van der Waals surface area contributed by atoms with E-state index < -0.39 is 0 Å². The molecule has 0 bridgehead atoms. The van der Waals surface area contributed by atoms with Gasteiger partial charge in [0.15, 0.2) is 0 Å². The third-order valence-electron chi connectivity index (χ3n) is 5.29. The van der Waals surface area contributed by atoms with Gasteiger partial charge >= 0.3 is 0 Å². The highest BCUT2D eigenvalue weighted by Crippen LogP contribution is 2.72. The summed E-state index contributed by atoms with van der Waals surface area (Å²) in [6, 6.07) is 7.30. The van der Waals surface area contributed by atoms with E-state index in [1.807, 2.05) is 12.1 Å². The highest BCUT2D eigenvalue weighted by molar-refractivity contribution is 5.27. The van der Waals surface area contributed by atoms with Gasteiger partial charge in [-0.2, -0.15) is 0 Å². The predicted octanol–water partition coefficient (Wildman–Crippen LogP) is 4.55. The highest BCUT2D eigenvalue weighted by Gasteiger charge is 2.67. The van der Waals surface area contributed by atoms with Crippen LogP contribution in [0.3, 0.4) is 0 Å². The van der Waals surface area contributed by atoms with Gasteiger partial charge < -0.3 is 5.32 Å². The standard InChI is InChI=1S/C17H26FN/c1-6-10-19-14(12-8-7-9-13(18)11-12)15-16(2,3)17(15,4)5/h7-9,11,14-15,19H,6,10H2,1-5H3. The smallest absolute Gasteiger partial charge is 0.123 e. The molecule has 2 heteroatoms. The Morgan fingerprint density at radius 1 is 1.21 bits per heavy atom. The zero-order chi connectivity index (χ0) is 14.3. The molecule has 1 unspecified atom stereocenters. The summed E-state index contributed by atoms with van der Waals surface area (Å²) in [5.41, 5.74) is 1.67. The molecule has 0 heterocycles. The Hall–Kier alpha value is -0.890. The molecule has 0 aromatic heterocycles. The fourth-order valence-corrected chi connectivity index (χ4v) is 3.51. The van der Waals surface area contributed by atoms with Gasteiger partial charge in [-0.3, -0.25) is 0 Å². The first-order valence-corrected chi connectivity index (χ1v) is 7.31. The maximum Gasteiger partial charge on any atom is 0.123 e. The second-order valence-electron chi connectivity index (χ2n) is 6.91. The fourth-order valence-electron chi connectivity index (χ4n) is 3.51. The summed E-state index contributed by atoms with van der Waals surface area (Å²) in [6.45, 7) is 12.4. The van der Waals surface area contributed by atoms with Crippen molar-refractivity contribution in [2.45, 2.75) is 47.1 Å². The van der Waals surface area contributed by atoms with E-state index in [0.29, 0.717) is 16.7 Å². The molecule has 1 aliphatic rings. The van der Waals surface area contributed by atoms with Crippen LogP contribution in [0.15, 0.2) is 24.3 Å². The number of benzene rings is 1. The van der Waals surface area contributed by atoms with E-state index in [4.69, 9.17) is 0 Å². The van der Waals surface area contributed by atoms with Crippen molar-refractivity contribution in [3.05, 3.63) is 35.6 Å². The monoisotopic (exact) mass is 263 g/mol. The number of nitrogens with one attached hydrogen (secondary N) is 1. The molecular weight excluding hydrogens is 237 g/mol. The average Bonchev–Trinajstić information content (AvgIpc) is 2.72. The summed E-state index contributed by atoms with van der Waals surface area (Å²) < 4.78 is 13.5. The molecule has 1 atom stereocenters. The topological polar surface area (TPSA) is 12.0 Å². The molecule has 0 saturated heterocycles. The molecule has 1 N–H and O–H groups in total. The van der Waals surface area contributed by atoms with Crippen molar-refractivity contribution in [2.75, 3.05) is 6.54 Å². The zero-order valence-electron chi connectivity index (χ0n) is 12.8. The molecule has 1 aliphatic carbocycles. The Kier molecular flexibility index (Phi) is 3.74. The summed E-state index contributed by atoms with van der Waals surface area (Å²) in [5.74, 6) is 0.408. The maximum atomic E-state index is 13.5. The number of rotatable bonds is 5. The minimum absolute atomic E-state index is 0.142. The summed E-state index contributed by atoms with van der Waals surface area (Å²) in [5, 5.41) is 3.62. The van der Waals surface area contributed by atoms with Crippen LogP contribution in [-0.4, -0.2) is 6.54 Å². The first kappa shape index (κ1) is 14.5. The van der Waals surface area contributed by atoms with Crippen LogP contribution in [0.4, 0.5) is 4.39 Å². The van der Waals surface area contributed by atoms with Crippen LogP contribution in [0.1, 0.15) is 52.6 Å². The van der Waals surface area contributed by atoms with Crippen molar-refractivity contribution in [1.29, 1.82) is 0 Å². The Balaban J connectivity index is 2.28. The lowest BCUT2D eigenvalue weighted by atomic mass is 9.96. The van der Waals surface area contributed by atoms with Gasteiger partial charge in [-0.25, -0.2) is 4.39 Å². The minimum Gasteiger partial charge on any atom is -0.310 e. The molecule has 0 aliphatic heterocycles. The van der Waals surface area contributed by atoms with Crippen LogP contribution in [0.2, 0.25) is 0 Å². The van der Waals surface area contributed by atoms with E-state index in [9.17, 15) is 4.39 Å². The van der Waals surface area contributed by atoms with Crippen LogP contribution in [0.25, 0.3) is 0 Å². The van der Waals surface area contributed by atoms with Crippen molar-refractivity contribution in [3.63, 3.8) is 0 Å². The second kappa shape index (κ2) is 4.90. The lowest BCUT2D eigenvalue weighted by Crippen LogP contribution is -2.26. The molecule has 1 saturated carbocycles. The van der Waals surface area contributed by atoms with E-state index in [1.54, 1.807) is 6.07 Å². The Morgan fingerprint density at radius 2 is 1.84 bits per heavy atom. The lowest BCUT2D eigenvalue weighted by molar-refractivity contribution is 0.408. The Labute approximate surface area is 116 Å². The molecule has 106 valence electrons. The van der Waals surface area contributed by atoms with E-state index in [0.717, 1.165) is 18.5 Å². The van der Waals surface area contributed by atoms with Gasteiger partial charge in [0.1, 0.15) is 5.82 Å². The molecule has 1 fully saturated rings. The fraction of sp³-hybridized carbons (Fsp3) is 0.647. The molecule has 1 aromatic rings. The molecular formula is C17H26FN. The van der Waals surface area contributed by atoms with Crippen LogP contribution in [0, 0.1) is 22.6 Å². The minimum atomic E-state index is -0.142. The van der Waals surface area contributed by atoms with Gasteiger partial charge in [-0.15, -0.1) is 0 Å². The predicted molar refractivity (Wildman–Crippen MR) is 78.5 cm³/mol. The van der Waals surface area contributed by atoms with E-state index >= 15 is 0 Å². The first-order valence-electron chi connectivity index (χ1n) is 7.31. The average molecular weight is 263 g/mol. The normalized spacial score (nSPS) is 22.2. The Bertz CT molecular complexity index is 436. The second-order valence-corrected chi connectivity index (χ2v) is 6.91. The lowest BCUT2D eigenvalue weighted by Gasteiger charge is -2.21. The number of halogens is 1. The summed E-state index contributed by atoms with van der Waals surface area (Å²) in [6.07, 6.45) is 1.10. The van der Waals surface area contributed by atoms with E-state index in [-0.39, 0.29) is 11.9 Å². The Morgan fingerprint density at radius 3 is 2.32 bits per heavy atom. The molecule has 1 nitrogen and oxygen atoms in total. The third kappa shape index (κ3) is 2.43. The highest BCUT2D eigenvalue weighted by atomic mass is 19.1. The third-order valence-corrected chi connectivity index (χ3v) is 5.29. The van der Waals surface area contributed by atoms with E-state index in [1.165, 1.54) is 6.07 Å². The van der Waals surface area contributed by atoms with Crippen LogP contribution in [-0.2, 0) is 0 Å². The van der Waals surface area contributed by atoms with Crippen molar-refractivity contribution in [2.24, 2.45) is 16.7 Å². The largest absolute Gasteiger partial charge is 0.310 e. The van der Waals surface area contributed by atoms with Gasteiger partial charge in [0, 0.05) is 6.04 Å². The van der Waals surface area contributed by atoms with Gasteiger partial charge in [-0.05, 0) is 47.4 Å². The quantitative estimate of drug-likeness (QED) is 0.822. The molecule has 0 spiro atoms. The number of hydrogen-bond donors (Lipinski definition) is 1. The molecule has 1 aromatic carbocycles. The van der Waals surface area contributed by atoms with Crippen LogP contribution in [0.5, 0.6) is 0 Å². The molecule has 0 radical (unpaired) electrons. The summed E-state index contributed by atoms with van der Waals surface area (Å²) >= 11 is 0. The van der Waals surface area contributed by atoms with Crippen molar-refractivity contribution >= 4 is 0 Å². The van der Waals surface area contributed by atoms with Crippen molar-refractivity contribution in [1.82, 2.24) is 5.32 Å². The summed E-state index contributed by atoms with van der Waals surface area (Å²) in [4.78, 5) is 0. The number of hydrogen-bond acceptors (Lipinski definition) is 1. The SMILES string of the molecule is CCCNC(c1cccc(F)c1)C1C(C)(C)C1(C)C. The molecule has 2 rings (SSSR count). The van der Waals surface area contributed by atoms with Gasteiger partial charge in [0.2, 0.25) is 0 Å². The first-order chi connectivity index (χ1) is 8.82. The van der Waals surface area contributed by atoms with Crippen molar-refractivity contribution < 1.29 is 4.39 Å². The van der Waals surface area contributed by atoms with E-state index in [2.05, 4.69) is 39.9 Å². The van der Waals surface area contributed by atoms with Gasteiger partial charge in [-0.1, -0.05) is 46.8 Å². The van der Waals surface area contributed by atoms with Crippen LogP contribution < -0.4 is 5.32 Å². The van der Waals surface area contributed by atoms with Crippen LogP contribution >= 0.6 is 0 Å². The summed E-state index contributed by atoms with van der Waals surface area (Å²) in [7, 11) is 0.